The van der Waals surface area contributed by atoms with Crippen molar-refractivity contribution in [1.29, 1.82) is 0 Å². The molecule has 6 nitrogen and oxygen atoms in total. The topological polar surface area (TPSA) is 78.1 Å². The summed E-state index contributed by atoms with van der Waals surface area (Å²) in [5.74, 6) is 0.488. The van der Waals surface area contributed by atoms with Crippen molar-refractivity contribution in [3.63, 3.8) is 0 Å². The van der Waals surface area contributed by atoms with E-state index in [0.29, 0.717) is 29.8 Å². The third kappa shape index (κ3) is 2.96. The molecule has 2 rings (SSSR count). The van der Waals surface area contributed by atoms with E-state index in [9.17, 15) is 9.59 Å². The molecule has 1 heterocycles. The van der Waals surface area contributed by atoms with E-state index in [0.717, 1.165) is 0 Å². The fraction of sp³-hybridized carbons (Fsp3) is 0.357. The number of hydrogen-bond acceptors (Lipinski definition) is 3. The van der Waals surface area contributed by atoms with Crippen molar-refractivity contribution < 1.29 is 4.79 Å². The first-order valence-corrected chi connectivity index (χ1v) is 6.66. The van der Waals surface area contributed by atoms with E-state index in [2.05, 4.69) is 15.3 Å². The van der Waals surface area contributed by atoms with E-state index in [4.69, 9.17) is 0 Å². The molecule has 106 valence electrons. The van der Waals surface area contributed by atoms with Gasteiger partial charge in [0.2, 0.25) is 0 Å². The van der Waals surface area contributed by atoms with Gasteiger partial charge in [-0.15, -0.1) is 0 Å². The van der Waals surface area contributed by atoms with Gasteiger partial charge in [0.15, 0.2) is 0 Å². The van der Waals surface area contributed by atoms with Gasteiger partial charge in [0.1, 0.15) is 5.82 Å². The van der Waals surface area contributed by atoms with E-state index in [1.165, 1.54) is 0 Å². The van der Waals surface area contributed by atoms with Crippen LogP contribution in [0.1, 0.15) is 19.7 Å². The van der Waals surface area contributed by atoms with Crippen molar-refractivity contribution >= 4 is 16.9 Å². The molecule has 0 saturated heterocycles. The number of aromatic amines is 1. The second-order valence-electron chi connectivity index (χ2n) is 4.38. The van der Waals surface area contributed by atoms with Gasteiger partial charge < -0.3 is 15.2 Å². The number of carbonyl (C=O) groups is 1. The highest BCUT2D eigenvalue weighted by Gasteiger charge is 2.13. The summed E-state index contributed by atoms with van der Waals surface area (Å²) in [6, 6.07) is 6.99. The number of para-hydroxylation sites is 1. The molecule has 0 unspecified atom stereocenters. The number of benzene rings is 1. The van der Waals surface area contributed by atoms with Gasteiger partial charge in [-0.25, -0.2) is 9.78 Å². The van der Waals surface area contributed by atoms with E-state index in [-0.39, 0.29) is 18.1 Å². The Balaban J connectivity index is 2.29. The zero-order chi connectivity index (χ0) is 14.5. The molecular formula is C14H18N4O2. The molecule has 1 aromatic heterocycles. The molecule has 0 aliphatic heterocycles. The average molecular weight is 274 g/mol. The van der Waals surface area contributed by atoms with E-state index in [1.54, 1.807) is 23.1 Å². The van der Waals surface area contributed by atoms with Crippen molar-refractivity contribution in [3.8, 4) is 0 Å². The van der Waals surface area contributed by atoms with Crippen LogP contribution in [0.15, 0.2) is 29.1 Å². The maximum atomic E-state index is 12.0. The molecule has 0 aliphatic carbocycles. The third-order valence-corrected chi connectivity index (χ3v) is 3.00. The van der Waals surface area contributed by atoms with Gasteiger partial charge >= 0.3 is 6.03 Å². The molecule has 20 heavy (non-hydrogen) atoms. The van der Waals surface area contributed by atoms with Crippen LogP contribution in [0.5, 0.6) is 0 Å². The minimum absolute atomic E-state index is 0.161. The Labute approximate surface area is 116 Å². The number of hydrogen-bond donors (Lipinski definition) is 2. The largest absolute Gasteiger partial charge is 0.338 e. The third-order valence-electron chi connectivity index (χ3n) is 3.00. The summed E-state index contributed by atoms with van der Waals surface area (Å²) >= 11 is 0. The number of carbonyl (C=O) groups excluding carboxylic acids is 1. The summed E-state index contributed by atoms with van der Waals surface area (Å²) in [5, 5.41) is 3.29. The minimum atomic E-state index is -0.183. The molecule has 0 atom stereocenters. The van der Waals surface area contributed by atoms with E-state index >= 15 is 0 Å². The van der Waals surface area contributed by atoms with Crippen LogP contribution < -0.4 is 10.9 Å². The number of urea groups is 1. The van der Waals surface area contributed by atoms with Gasteiger partial charge in [-0.3, -0.25) is 4.79 Å². The summed E-state index contributed by atoms with van der Waals surface area (Å²) in [4.78, 5) is 32.5. The van der Waals surface area contributed by atoms with Crippen LogP contribution in [0.25, 0.3) is 10.9 Å². The quantitative estimate of drug-likeness (QED) is 0.886. The maximum absolute atomic E-state index is 12.0. The fourth-order valence-corrected chi connectivity index (χ4v) is 1.98. The molecule has 0 bridgehead atoms. The SMILES string of the molecule is CCNC(=O)N(CC)Cc1nc2ccccc2c(=O)[nH]1. The van der Waals surface area contributed by atoms with Gasteiger partial charge in [-0.1, -0.05) is 12.1 Å². The molecule has 0 radical (unpaired) electrons. The number of nitrogens with zero attached hydrogens (tertiary/aromatic N) is 2. The minimum Gasteiger partial charge on any atom is -0.338 e. The molecule has 1 aromatic carbocycles. The summed E-state index contributed by atoms with van der Waals surface area (Å²) in [6.45, 7) is 5.14. The number of fused-ring (bicyclic) bond motifs is 1. The predicted molar refractivity (Wildman–Crippen MR) is 77.5 cm³/mol. The number of nitrogens with one attached hydrogen (secondary N) is 2. The van der Waals surface area contributed by atoms with Crippen molar-refractivity contribution in [2.75, 3.05) is 13.1 Å². The molecule has 2 N–H and O–H groups in total. The Morgan fingerprint density at radius 1 is 1.35 bits per heavy atom. The smallest absolute Gasteiger partial charge is 0.317 e. The maximum Gasteiger partial charge on any atom is 0.317 e. The standard InChI is InChI=1S/C14H18N4O2/c1-3-15-14(20)18(4-2)9-12-16-11-8-6-5-7-10(11)13(19)17-12/h5-8H,3-4,9H2,1-2H3,(H,15,20)(H,16,17,19). The summed E-state index contributed by atoms with van der Waals surface area (Å²) in [5.41, 5.74) is 0.454. The zero-order valence-electron chi connectivity index (χ0n) is 11.6. The lowest BCUT2D eigenvalue weighted by Crippen LogP contribution is -2.39. The van der Waals surface area contributed by atoms with Crippen molar-refractivity contribution in [1.82, 2.24) is 20.2 Å². The molecule has 6 heteroatoms. The first kappa shape index (κ1) is 14.0. The lowest BCUT2D eigenvalue weighted by atomic mass is 10.2. The summed E-state index contributed by atoms with van der Waals surface area (Å²) < 4.78 is 0. The lowest BCUT2D eigenvalue weighted by Gasteiger charge is -2.20. The van der Waals surface area contributed by atoms with Gasteiger partial charge in [0.25, 0.3) is 5.56 Å². The molecule has 0 spiro atoms. The number of aromatic nitrogens is 2. The Bertz CT molecular complexity index is 666. The first-order chi connectivity index (χ1) is 9.65. The monoisotopic (exact) mass is 274 g/mol. The highest BCUT2D eigenvalue weighted by Crippen LogP contribution is 2.07. The van der Waals surface area contributed by atoms with Crippen LogP contribution in [0.4, 0.5) is 4.79 Å². The second kappa shape index (κ2) is 6.18. The molecule has 0 aliphatic rings. The Morgan fingerprint density at radius 3 is 2.80 bits per heavy atom. The Hall–Kier alpha value is -2.37. The van der Waals surface area contributed by atoms with Crippen LogP contribution in [0.2, 0.25) is 0 Å². The zero-order valence-corrected chi connectivity index (χ0v) is 11.6. The number of amides is 2. The van der Waals surface area contributed by atoms with Crippen LogP contribution >= 0.6 is 0 Å². The fourth-order valence-electron chi connectivity index (χ4n) is 1.98. The van der Waals surface area contributed by atoms with Gasteiger partial charge in [0.05, 0.1) is 17.4 Å². The summed E-state index contributed by atoms with van der Waals surface area (Å²) in [6.07, 6.45) is 0. The summed E-state index contributed by atoms with van der Waals surface area (Å²) in [7, 11) is 0. The Kier molecular flexibility index (Phi) is 4.34. The van der Waals surface area contributed by atoms with Gasteiger partial charge in [-0.2, -0.15) is 0 Å². The van der Waals surface area contributed by atoms with Crippen LogP contribution in [0, 0.1) is 0 Å². The van der Waals surface area contributed by atoms with Crippen LogP contribution in [-0.4, -0.2) is 34.0 Å². The van der Waals surface area contributed by atoms with Crippen molar-refractivity contribution in [3.05, 3.63) is 40.4 Å². The van der Waals surface area contributed by atoms with Crippen molar-refractivity contribution in [2.24, 2.45) is 0 Å². The molecule has 0 fully saturated rings. The normalized spacial score (nSPS) is 10.5. The van der Waals surface area contributed by atoms with E-state index < -0.39 is 0 Å². The van der Waals surface area contributed by atoms with Crippen LogP contribution in [-0.2, 0) is 6.54 Å². The molecular weight excluding hydrogens is 256 g/mol. The number of H-pyrrole nitrogens is 1. The first-order valence-electron chi connectivity index (χ1n) is 6.66. The highest BCUT2D eigenvalue weighted by molar-refractivity contribution is 5.77. The van der Waals surface area contributed by atoms with Gasteiger partial charge in [-0.05, 0) is 26.0 Å². The predicted octanol–water partition coefficient (Wildman–Crippen LogP) is 1.47. The van der Waals surface area contributed by atoms with Crippen molar-refractivity contribution in [2.45, 2.75) is 20.4 Å². The molecule has 2 amide bonds. The number of rotatable bonds is 4. The van der Waals surface area contributed by atoms with Crippen LogP contribution in [0.3, 0.4) is 0 Å². The Morgan fingerprint density at radius 2 is 2.10 bits per heavy atom. The second-order valence-corrected chi connectivity index (χ2v) is 4.38. The highest BCUT2D eigenvalue weighted by atomic mass is 16.2. The average Bonchev–Trinajstić information content (AvgIpc) is 2.45. The lowest BCUT2D eigenvalue weighted by molar-refractivity contribution is 0.197. The van der Waals surface area contributed by atoms with E-state index in [1.807, 2.05) is 19.9 Å². The molecule has 0 saturated carbocycles. The van der Waals surface area contributed by atoms with Gasteiger partial charge in [0, 0.05) is 13.1 Å². The molecule has 2 aromatic rings.